The van der Waals surface area contributed by atoms with Crippen LogP contribution in [0.2, 0.25) is 0 Å². The molecule has 11 heavy (non-hydrogen) atoms. The number of carbonyl (C=O) groups excluding carboxylic acids is 1. The minimum absolute atomic E-state index is 0.192. The van der Waals surface area contributed by atoms with Gasteiger partial charge in [0.25, 0.3) is 0 Å². The summed E-state index contributed by atoms with van der Waals surface area (Å²) < 4.78 is 4.87. The summed E-state index contributed by atoms with van der Waals surface area (Å²) in [6, 6.07) is 0. The molecule has 2 nitrogen and oxygen atoms in total. The van der Waals surface area contributed by atoms with Crippen LogP contribution in [0.25, 0.3) is 0 Å². The fourth-order valence-corrected chi connectivity index (χ4v) is 0.834. The molecule has 0 radical (unpaired) electrons. The molecule has 0 aliphatic carbocycles. The lowest BCUT2D eigenvalue weighted by atomic mass is 10.0. The standard InChI is InChI=1S/C9H18O2/c1-8(2)9(10)6-4-5-7-11-3/h8H,4-7H2,1-3H3. The molecule has 0 saturated carbocycles. The predicted molar refractivity (Wildman–Crippen MR) is 45.6 cm³/mol. The third kappa shape index (κ3) is 6.05. The van der Waals surface area contributed by atoms with Crippen molar-refractivity contribution in [2.24, 2.45) is 5.92 Å². The van der Waals surface area contributed by atoms with Gasteiger partial charge in [-0.05, 0) is 12.8 Å². The van der Waals surface area contributed by atoms with Gasteiger partial charge >= 0.3 is 0 Å². The van der Waals surface area contributed by atoms with Crippen molar-refractivity contribution in [3.8, 4) is 0 Å². The molecule has 0 unspecified atom stereocenters. The molecule has 66 valence electrons. The molecule has 0 N–H and O–H groups in total. The summed E-state index contributed by atoms with van der Waals surface area (Å²) in [5.74, 6) is 0.554. The number of Topliss-reactive ketones (excluding diaryl/α,β-unsaturated/α-hetero) is 1. The third-order valence-corrected chi connectivity index (χ3v) is 1.67. The van der Waals surface area contributed by atoms with Crippen molar-refractivity contribution < 1.29 is 9.53 Å². The van der Waals surface area contributed by atoms with Crippen LogP contribution in [0.1, 0.15) is 33.1 Å². The van der Waals surface area contributed by atoms with Crippen LogP contribution in [0.3, 0.4) is 0 Å². The van der Waals surface area contributed by atoms with Gasteiger partial charge in [-0.15, -0.1) is 0 Å². The monoisotopic (exact) mass is 158 g/mol. The Labute approximate surface area is 68.9 Å². The molecular weight excluding hydrogens is 140 g/mol. The van der Waals surface area contributed by atoms with Crippen molar-refractivity contribution >= 4 is 5.78 Å². The summed E-state index contributed by atoms with van der Waals surface area (Å²) in [4.78, 5) is 11.1. The fraction of sp³-hybridized carbons (Fsp3) is 0.889. The van der Waals surface area contributed by atoms with Gasteiger partial charge in [0.1, 0.15) is 5.78 Å². The highest BCUT2D eigenvalue weighted by Crippen LogP contribution is 2.03. The van der Waals surface area contributed by atoms with Crippen LogP contribution in [0, 0.1) is 5.92 Å². The van der Waals surface area contributed by atoms with Gasteiger partial charge in [0.15, 0.2) is 0 Å². The molecule has 0 amide bonds. The normalized spacial score (nSPS) is 10.5. The number of ketones is 1. The summed E-state index contributed by atoms with van der Waals surface area (Å²) in [6.45, 7) is 4.66. The molecule has 0 aromatic carbocycles. The predicted octanol–water partition coefficient (Wildman–Crippen LogP) is 2.03. The van der Waals surface area contributed by atoms with E-state index in [9.17, 15) is 4.79 Å². The number of unbranched alkanes of at least 4 members (excludes halogenated alkanes) is 1. The second-order valence-corrected chi connectivity index (χ2v) is 3.07. The van der Waals surface area contributed by atoms with E-state index in [1.165, 1.54) is 0 Å². The lowest BCUT2D eigenvalue weighted by Gasteiger charge is -2.02. The van der Waals surface area contributed by atoms with Crippen LogP contribution >= 0.6 is 0 Å². The molecule has 0 fully saturated rings. The molecule has 0 aliphatic heterocycles. The lowest BCUT2D eigenvalue weighted by Crippen LogP contribution is -2.06. The largest absolute Gasteiger partial charge is 0.385 e. The van der Waals surface area contributed by atoms with Gasteiger partial charge in [-0.25, -0.2) is 0 Å². The van der Waals surface area contributed by atoms with E-state index in [-0.39, 0.29) is 5.92 Å². The van der Waals surface area contributed by atoms with Gasteiger partial charge in [0.05, 0.1) is 0 Å². The Bertz CT molecular complexity index is 108. The summed E-state index contributed by atoms with van der Waals surface area (Å²) in [5.41, 5.74) is 0. The Morgan fingerprint density at radius 2 is 2.00 bits per heavy atom. The van der Waals surface area contributed by atoms with Crippen molar-refractivity contribution in [1.82, 2.24) is 0 Å². The van der Waals surface area contributed by atoms with E-state index in [0.29, 0.717) is 12.2 Å². The molecular formula is C9H18O2. The first-order valence-electron chi connectivity index (χ1n) is 4.20. The van der Waals surface area contributed by atoms with E-state index in [4.69, 9.17) is 4.74 Å². The quantitative estimate of drug-likeness (QED) is 0.553. The van der Waals surface area contributed by atoms with Crippen LogP contribution in [0.4, 0.5) is 0 Å². The maximum absolute atomic E-state index is 11.1. The zero-order valence-electron chi connectivity index (χ0n) is 7.72. The van der Waals surface area contributed by atoms with Crippen LogP contribution in [0.5, 0.6) is 0 Å². The first-order valence-corrected chi connectivity index (χ1v) is 4.20. The molecule has 0 spiro atoms. The van der Waals surface area contributed by atoms with E-state index in [0.717, 1.165) is 19.4 Å². The molecule has 0 aromatic heterocycles. The Balaban J connectivity index is 3.18. The number of carbonyl (C=O) groups is 1. The average Bonchev–Trinajstić information content (AvgIpc) is 1.97. The van der Waals surface area contributed by atoms with Gasteiger partial charge in [0.2, 0.25) is 0 Å². The van der Waals surface area contributed by atoms with E-state index < -0.39 is 0 Å². The second-order valence-electron chi connectivity index (χ2n) is 3.07. The van der Waals surface area contributed by atoms with Crippen LogP contribution in [0.15, 0.2) is 0 Å². The van der Waals surface area contributed by atoms with Crippen molar-refractivity contribution in [2.45, 2.75) is 33.1 Å². The maximum atomic E-state index is 11.1. The van der Waals surface area contributed by atoms with E-state index >= 15 is 0 Å². The summed E-state index contributed by atoms with van der Waals surface area (Å²) in [6.07, 6.45) is 2.67. The molecule has 0 saturated heterocycles. The molecule has 0 aliphatic rings. The number of hydrogen-bond donors (Lipinski definition) is 0. The molecule has 0 heterocycles. The van der Waals surface area contributed by atoms with Crippen molar-refractivity contribution in [3.63, 3.8) is 0 Å². The summed E-state index contributed by atoms with van der Waals surface area (Å²) in [7, 11) is 1.68. The minimum atomic E-state index is 0.192. The number of rotatable bonds is 6. The zero-order chi connectivity index (χ0) is 8.69. The number of methoxy groups -OCH3 is 1. The van der Waals surface area contributed by atoms with Gasteiger partial charge in [-0.2, -0.15) is 0 Å². The highest BCUT2D eigenvalue weighted by atomic mass is 16.5. The fourth-order valence-electron chi connectivity index (χ4n) is 0.834. The molecule has 0 rings (SSSR count). The summed E-state index contributed by atoms with van der Waals surface area (Å²) in [5, 5.41) is 0. The molecule has 2 heteroatoms. The molecule has 0 bridgehead atoms. The van der Waals surface area contributed by atoms with Crippen LogP contribution in [-0.2, 0) is 9.53 Å². The average molecular weight is 158 g/mol. The summed E-state index contributed by atoms with van der Waals surface area (Å²) >= 11 is 0. The van der Waals surface area contributed by atoms with Crippen molar-refractivity contribution in [1.29, 1.82) is 0 Å². The Morgan fingerprint density at radius 3 is 2.45 bits per heavy atom. The number of ether oxygens (including phenoxy) is 1. The third-order valence-electron chi connectivity index (χ3n) is 1.67. The molecule has 0 atom stereocenters. The van der Waals surface area contributed by atoms with Crippen molar-refractivity contribution in [2.75, 3.05) is 13.7 Å². The van der Waals surface area contributed by atoms with E-state index in [1.54, 1.807) is 7.11 Å². The van der Waals surface area contributed by atoms with E-state index in [2.05, 4.69) is 0 Å². The van der Waals surface area contributed by atoms with Gasteiger partial charge in [-0.3, -0.25) is 4.79 Å². The first kappa shape index (κ1) is 10.6. The van der Waals surface area contributed by atoms with Crippen LogP contribution < -0.4 is 0 Å². The first-order chi connectivity index (χ1) is 5.18. The Morgan fingerprint density at radius 1 is 1.36 bits per heavy atom. The highest BCUT2D eigenvalue weighted by molar-refractivity contribution is 5.80. The van der Waals surface area contributed by atoms with Gasteiger partial charge in [0, 0.05) is 26.1 Å². The van der Waals surface area contributed by atoms with E-state index in [1.807, 2.05) is 13.8 Å². The second kappa shape index (κ2) is 6.35. The van der Waals surface area contributed by atoms with Crippen molar-refractivity contribution in [3.05, 3.63) is 0 Å². The minimum Gasteiger partial charge on any atom is -0.385 e. The zero-order valence-corrected chi connectivity index (χ0v) is 7.72. The lowest BCUT2D eigenvalue weighted by molar-refractivity contribution is -0.122. The van der Waals surface area contributed by atoms with Gasteiger partial charge in [-0.1, -0.05) is 13.8 Å². The highest BCUT2D eigenvalue weighted by Gasteiger charge is 2.05. The smallest absolute Gasteiger partial charge is 0.135 e. The van der Waals surface area contributed by atoms with Gasteiger partial charge < -0.3 is 4.74 Å². The van der Waals surface area contributed by atoms with Crippen LogP contribution in [-0.4, -0.2) is 19.5 Å². The molecule has 0 aromatic rings. The maximum Gasteiger partial charge on any atom is 0.135 e. The Kier molecular flexibility index (Phi) is 6.13. The topological polar surface area (TPSA) is 26.3 Å². The number of hydrogen-bond acceptors (Lipinski definition) is 2. The Hall–Kier alpha value is -0.370. The SMILES string of the molecule is COCCCCC(=O)C(C)C.